The molecule has 0 radical (unpaired) electrons. The molecule has 1 aliphatic rings. The van der Waals surface area contributed by atoms with Gasteiger partial charge in [0, 0.05) is 11.0 Å². The summed E-state index contributed by atoms with van der Waals surface area (Å²) >= 11 is 3.61. The summed E-state index contributed by atoms with van der Waals surface area (Å²) in [4.78, 5) is 13.7. The predicted molar refractivity (Wildman–Crippen MR) is 107 cm³/mol. The van der Waals surface area contributed by atoms with Crippen LogP contribution in [0.1, 0.15) is 30.0 Å². The van der Waals surface area contributed by atoms with Gasteiger partial charge in [-0.15, -0.1) is 0 Å². The topological polar surface area (TPSA) is 59.0 Å². The van der Waals surface area contributed by atoms with Crippen molar-refractivity contribution in [2.45, 2.75) is 18.9 Å². The second-order valence-electron chi connectivity index (χ2n) is 6.86. The zero-order valence-corrected chi connectivity index (χ0v) is 17.4. The zero-order chi connectivity index (χ0) is 20.3. The molecule has 0 bridgehead atoms. The van der Waals surface area contributed by atoms with Gasteiger partial charge in [-0.05, 0) is 54.8 Å². The first-order chi connectivity index (χ1) is 13.4. The van der Waals surface area contributed by atoms with Crippen LogP contribution in [0.2, 0.25) is 0 Å². The normalized spacial score (nSPS) is 18.5. The quantitative estimate of drug-likeness (QED) is 0.700. The summed E-state index contributed by atoms with van der Waals surface area (Å²) in [6, 6.07) is 9.80. The lowest BCUT2D eigenvalue weighted by atomic mass is 9.91. The fourth-order valence-corrected chi connectivity index (χ4v) is 4.32. The molecule has 0 saturated carbocycles. The van der Waals surface area contributed by atoms with Crippen molar-refractivity contribution >= 4 is 21.9 Å². The maximum atomic E-state index is 14.0. The van der Waals surface area contributed by atoms with Crippen molar-refractivity contribution in [2.75, 3.05) is 27.3 Å². The van der Waals surface area contributed by atoms with Crippen LogP contribution in [0.3, 0.4) is 0 Å². The molecule has 0 aromatic heterocycles. The van der Waals surface area contributed by atoms with E-state index in [1.165, 1.54) is 12.1 Å². The maximum Gasteiger partial charge on any atom is 0.307 e. The Morgan fingerprint density at radius 2 is 1.96 bits per heavy atom. The summed E-state index contributed by atoms with van der Waals surface area (Å²) < 4.78 is 25.6. The van der Waals surface area contributed by atoms with Crippen molar-refractivity contribution < 1.29 is 23.8 Å². The lowest BCUT2D eigenvalue weighted by molar-refractivity contribution is -0.143. The molecule has 1 saturated heterocycles. The number of piperidine rings is 1. The summed E-state index contributed by atoms with van der Waals surface area (Å²) in [6.07, 6.45) is 1.42. The van der Waals surface area contributed by atoms with Gasteiger partial charge in [0.1, 0.15) is 5.82 Å². The minimum absolute atomic E-state index is 0.313. The van der Waals surface area contributed by atoms with E-state index in [0.717, 1.165) is 28.6 Å². The molecule has 1 fully saturated rings. The molecule has 2 unspecified atom stereocenters. The number of benzene rings is 2. The van der Waals surface area contributed by atoms with Crippen LogP contribution >= 0.6 is 15.9 Å². The van der Waals surface area contributed by atoms with E-state index < -0.39 is 11.9 Å². The van der Waals surface area contributed by atoms with Crippen LogP contribution < -0.4 is 9.47 Å². The van der Waals surface area contributed by atoms with Gasteiger partial charge in [-0.2, -0.15) is 0 Å². The van der Waals surface area contributed by atoms with Gasteiger partial charge in [0.2, 0.25) is 0 Å². The number of likely N-dealkylation sites (tertiary alicyclic amines) is 1. The highest BCUT2D eigenvalue weighted by atomic mass is 79.9. The zero-order valence-electron chi connectivity index (χ0n) is 15.8. The summed E-state index contributed by atoms with van der Waals surface area (Å²) in [5.74, 6) is -0.421. The molecule has 28 heavy (non-hydrogen) atoms. The lowest BCUT2D eigenvalue weighted by Gasteiger charge is -2.38. The van der Waals surface area contributed by atoms with Gasteiger partial charge in [0.15, 0.2) is 11.5 Å². The van der Waals surface area contributed by atoms with Gasteiger partial charge in [-0.3, -0.25) is 9.69 Å². The van der Waals surface area contributed by atoms with Crippen molar-refractivity contribution in [3.63, 3.8) is 0 Å². The van der Waals surface area contributed by atoms with Crippen molar-refractivity contribution in [3.05, 3.63) is 57.8 Å². The molecule has 5 nitrogen and oxygen atoms in total. The Balaban J connectivity index is 2.10. The number of aliphatic carboxylic acids is 1. The fourth-order valence-electron chi connectivity index (χ4n) is 3.79. The third-order valence-corrected chi connectivity index (χ3v) is 5.82. The second-order valence-corrected chi connectivity index (χ2v) is 7.71. The van der Waals surface area contributed by atoms with Crippen molar-refractivity contribution in [2.24, 2.45) is 5.92 Å². The third-order valence-electron chi connectivity index (χ3n) is 5.13. The first-order valence-electron chi connectivity index (χ1n) is 9.08. The van der Waals surface area contributed by atoms with Crippen LogP contribution in [0.15, 0.2) is 40.9 Å². The van der Waals surface area contributed by atoms with Gasteiger partial charge in [0.25, 0.3) is 0 Å². The number of carboxylic acids is 1. The first kappa shape index (κ1) is 20.6. The highest BCUT2D eigenvalue weighted by Crippen LogP contribution is 2.41. The van der Waals surface area contributed by atoms with Crippen LogP contribution in [0, 0.1) is 11.7 Å². The molecule has 0 aliphatic carbocycles. The number of methoxy groups -OCH3 is 2. The van der Waals surface area contributed by atoms with Crippen LogP contribution in [0.5, 0.6) is 11.5 Å². The van der Waals surface area contributed by atoms with Crippen LogP contribution in [0.4, 0.5) is 4.39 Å². The molecule has 0 spiro atoms. The van der Waals surface area contributed by atoms with Crippen LogP contribution in [0.25, 0.3) is 0 Å². The van der Waals surface area contributed by atoms with E-state index in [1.54, 1.807) is 20.3 Å². The van der Waals surface area contributed by atoms with Crippen LogP contribution in [-0.4, -0.2) is 43.3 Å². The highest BCUT2D eigenvalue weighted by molar-refractivity contribution is 9.10. The van der Waals surface area contributed by atoms with Gasteiger partial charge in [-0.25, -0.2) is 4.39 Å². The SMILES string of the molecule is COc1cc(Br)c(C(c2cccc(F)c2)N2CCCC(C(=O)O)C2)cc1OC. The monoisotopic (exact) mass is 451 g/mol. The molecule has 0 amide bonds. The van der Waals surface area contributed by atoms with E-state index >= 15 is 0 Å². The summed E-state index contributed by atoms with van der Waals surface area (Å²) in [5, 5.41) is 9.50. The molecule has 2 atom stereocenters. The van der Waals surface area contributed by atoms with Gasteiger partial charge < -0.3 is 14.6 Å². The average molecular weight is 452 g/mol. The number of rotatable bonds is 6. The molecular formula is C21H23BrFNO4. The maximum absolute atomic E-state index is 14.0. The number of nitrogens with zero attached hydrogens (tertiary/aromatic N) is 1. The van der Waals surface area contributed by atoms with Crippen LogP contribution in [-0.2, 0) is 4.79 Å². The van der Waals surface area contributed by atoms with Gasteiger partial charge >= 0.3 is 5.97 Å². The summed E-state index contributed by atoms with van der Waals surface area (Å²) in [6.45, 7) is 1.13. The smallest absolute Gasteiger partial charge is 0.307 e. The van der Waals surface area contributed by atoms with Gasteiger partial charge in [0.05, 0.1) is 26.2 Å². The Morgan fingerprint density at radius 3 is 2.61 bits per heavy atom. The number of carboxylic acid groups (broad SMARTS) is 1. The number of hydrogen-bond acceptors (Lipinski definition) is 4. The van der Waals surface area contributed by atoms with E-state index in [0.29, 0.717) is 24.5 Å². The third kappa shape index (κ3) is 4.31. The molecule has 3 rings (SSSR count). The highest BCUT2D eigenvalue weighted by Gasteiger charge is 2.33. The molecule has 1 aliphatic heterocycles. The average Bonchev–Trinajstić information content (AvgIpc) is 2.69. The molecule has 2 aromatic carbocycles. The molecule has 1 N–H and O–H groups in total. The van der Waals surface area contributed by atoms with Crippen molar-refractivity contribution in [3.8, 4) is 11.5 Å². The minimum atomic E-state index is -0.797. The molecule has 1 heterocycles. The van der Waals surface area contributed by atoms with Crippen molar-refractivity contribution in [1.82, 2.24) is 4.90 Å². The van der Waals surface area contributed by atoms with E-state index in [4.69, 9.17) is 9.47 Å². The molecular weight excluding hydrogens is 429 g/mol. The van der Waals surface area contributed by atoms with Crippen molar-refractivity contribution in [1.29, 1.82) is 0 Å². The Morgan fingerprint density at radius 1 is 1.25 bits per heavy atom. The van der Waals surface area contributed by atoms with E-state index in [-0.39, 0.29) is 11.9 Å². The largest absolute Gasteiger partial charge is 0.493 e. The Hall–Kier alpha value is -2.12. The molecule has 7 heteroatoms. The molecule has 2 aromatic rings. The van der Waals surface area contributed by atoms with E-state index in [1.807, 2.05) is 18.2 Å². The Kier molecular flexibility index (Phi) is 6.57. The fraction of sp³-hybridized carbons (Fsp3) is 0.381. The minimum Gasteiger partial charge on any atom is -0.493 e. The Labute approximate surface area is 172 Å². The van der Waals surface area contributed by atoms with E-state index in [2.05, 4.69) is 20.8 Å². The predicted octanol–water partition coefficient (Wildman–Crippen LogP) is 4.49. The summed E-state index contributed by atoms with van der Waals surface area (Å²) in [7, 11) is 3.13. The van der Waals surface area contributed by atoms with Gasteiger partial charge in [-0.1, -0.05) is 28.1 Å². The number of hydrogen-bond donors (Lipinski definition) is 1. The number of carbonyl (C=O) groups is 1. The number of ether oxygens (including phenoxy) is 2. The summed E-state index contributed by atoms with van der Waals surface area (Å²) in [5.41, 5.74) is 1.63. The second kappa shape index (κ2) is 8.92. The molecule has 150 valence electrons. The Bertz CT molecular complexity index is 860. The number of halogens is 2. The van der Waals surface area contributed by atoms with E-state index in [9.17, 15) is 14.3 Å². The standard InChI is InChI=1S/C21H23BrFNO4/c1-27-18-10-16(17(22)11-19(18)28-2)20(13-5-3-7-15(23)9-13)24-8-4-6-14(12-24)21(25)26/h3,5,7,9-11,14,20H,4,6,8,12H2,1-2H3,(H,25,26). The first-order valence-corrected chi connectivity index (χ1v) is 9.87. The lowest BCUT2D eigenvalue weighted by Crippen LogP contribution is -2.41.